The third kappa shape index (κ3) is 2.82. The number of primary amides is 1. The van der Waals surface area contributed by atoms with Crippen molar-refractivity contribution in [2.24, 2.45) is 11.7 Å². The molecule has 2 rings (SSSR count). The molecular formula is C14H19NO3. The summed E-state index contributed by atoms with van der Waals surface area (Å²) in [6, 6.07) is 5.69. The van der Waals surface area contributed by atoms with E-state index in [-0.39, 0.29) is 24.5 Å². The van der Waals surface area contributed by atoms with Crippen molar-refractivity contribution in [1.29, 1.82) is 0 Å². The van der Waals surface area contributed by atoms with Crippen molar-refractivity contribution in [3.63, 3.8) is 0 Å². The standard InChI is InChI=1S/C14H19NO3/c1-9(14(15)17)8-18-11-5-6-12-10(7-11)3-2-4-13(12)16/h5-7,9,13,16H,2-4,8H2,1H3,(H2,15,17). The summed E-state index contributed by atoms with van der Waals surface area (Å²) in [5.74, 6) is 0.0750. The van der Waals surface area contributed by atoms with Gasteiger partial charge in [0.2, 0.25) is 5.91 Å². The third-order valence-corrected chi connectivity index (χ3v) is 3.38. The van der Waals surface area contributed by atoms with E-state index in [9.17, 15) is 9.90 Å². The van der Waals surface area contributed by atoms with E-state index in [0.29, 0.717) is 0 Å². The highest BCUT2D eigenvalue weighted by Gasteiger charge is 2.18. The molecule has 0 aliphatic heterocycles. The van der Waals surface area contributed by atoms with Gasteiger partial charge in [0.25, 0.3) is 0 Å². The number of carbonyl (C=O) groups excluding carboxylic acids is 1. The molecule has 4 nitrogen and oxygen atoms in total. The Kier molecular flexibility index (Phi) is 3.87. The van der Waals surface area contributed by atoms with Gasteiger partial charge >= 0.3 is 0 Å². The Hall–Kier alpha value is -1.55. The van der Waals surface area contributed by atoms with E-state index >= 15 is 0 Å². The second-order valence-corrected chi connectivity index (χ2v) is 4.88. The molecular weight excluding hydrogens is 230 g/mol. The lowest BCUT2D eigenvalue weighted by Crippen LogP contribution is -2.25. The van der Waals surface area contributed by atoms with Crippen LogP contribution in [0.5, 0.6) is 5.75 Å². The lowest BCUT2D eigenvalue weighted by molar-refractivity contribution is -0.122. The Morgan fingerprint density at radius 3 is 3.11 bits per heavy atom. The first-order valence-corrected chi connectivity index (χ1v) is 6.31. The van der Waals surface area contributed by atoms with Crippen molar-refractivity contribution in [3.05, 3.63) is 29.3 Å². The van der Waals surface area contributed by atoms with Crippen LogP contribution in [0.3, 0.4) is 0 Å². The molecule has 0 saturated heterocycles. The van der Waals surface area contributed by atoms with Gasteiger partial charge in [0.1, 0.15) is 5.75 Å². The number of rotatable bonds is 4. The second-order valence-electron chi connectivity index (χ2n) is 4.88. The second kappa shape index (κ2) is 5.40. The monoisotopic (exact) mass is 249 g/mol. The summed E-state index contributed by atoms with van der Waals surface area (Å²) in [5, 5.41) is 9.84. The van der Waals surface area contributed by atoms with E-state index in [1.165, 1.54) is 0 Å². The molecule has 3 N–H and O–H groups in total. The minimum absolute atomic E-state index is 0.288. The van der Waals surface area contributed by atoms with Gasteiger partial charge in [0.05, 0.1) is 18.6 Å². The number of hydrogen-bond donors (Lipinski definition) is 2. The van der Waals surface area contributed by atoms with Crippen LogP contribution in [0.2, 0.25) is 0 Å². The lowest BCUT2D eigenvalue weighted by atomic mass is 9.89. The maximum absolute atomic E-state index is 10.9. The number of aliphatic hydroxyl groups excluding tert-OH is 1. The molecule has 2 atom stereocenters. The van der Waals surface area contributed by atoms with Crippen molar-refractivity contribution in [2.75, 3.05) is 6.61 Å². The highest BCUT2D eigenvalue weighted by atomic mass is 16.5. The topological polar surface area (TPSA) is 72.6 Å². The van der Waals surface area contributed by atoms with Gasteiger partial charge in [-0.15, -0.1) is 0 Å². The molecule has 0 radical (unpaired) electrons. The zero-order chi connectivity index (χ0) is 13.1. The molecule has 0 heterocycles. The third-order valence-electron chi connectivity index (χ3n) is 3.38. The number of ether oxygens (including phenoxy) is 1. The van der Waals surface area contributed by atoms with Crippen molar-refractivity contribution in [1.82, 2.24) is 0 Å². The van der Waals surface area contributed by atoms with Crippen LogP contribution in [0.4, 0.5) is 0 Å². The molecule has 1 amide bonds. The van der Waals surface area contributed by atoms with E-state index in [2.05, 4.69) is 0 Å². The minimum Gasteiger partial charge on any atom is -0.493 e. The van der Waals surface area contributed by atoms with E-state index in [1.54, 1.807) is 6.92 Å². The number of carbonyl (C=O) groups is 1. The molecule has 98 valence electrons. The summed E-state index contributed by atoms with van der Waals surface area (Å²) in [6.07, 6.45) is 2.43. The highest BCUT2D eigenvalue weighted by Crippen LogP contribution is 2.31. The Balaban J connectivity index is 2.05. The van der Waals surface area contributed by atoms with E-state index in [4.69, 9.17) is 10.5 Å². The van der Waals surface area contributed by atoms with Crippen molar-refractivity contribution in [2.45, 2.75) is 32.3 Å². The number of nitrogens with two attached hydrogens (primary N) is 1. The molecule has 18 heavy (non-hydrogen) atoms. The number of fused-ring (bicyclic) bond motifs is 1. The van der Waals surface area contributed by atoms with Gasteiger partial charge in [-0.3, -0.25) is 4.79 Å². The summed E-state index contributed by atoms with van der Waals surface area (Å²) < 4.78 is 5.55. The van der Waals surface area contributed by atoms with Gasteiger partial charge < -0.3 is 15.6 Å². The van der Waals surface area contributed by atoms with Crippen molar-refractivity contribution >= 4 is 5.91 Å². The van der Waals surface area contributed by atoms with Crippen LogP contribution in [-0.2, 0) is 11.2 Å². The molecule has 1 aliphatic rings. The van der Waals surface area contributed by atoms with Crippen LogP contribution in [0.15, 0.2) is 18.2 Å². The lowest BCUT2D eigenvalue weighted by Gasteiger charge is -2.22. The van der Waals surface area contributed by atoms with Crippen LogP contribution in [-0.4, -0.2) is 17.6 Å². The van der Waals surface area contributed by atoms with Crippen LogP contribution in [0.1, 0.15) is 37.0 Å². The first kappa shape index (κ1) is 12.9. The molecule has 2 unspecified atom stereocenters. The molecule has 0 spiro atoms. The average Bonchev–Trinajstić information content (AvgIpc) is 2.36. The number of aryl methyl sites for hydroxylation is 1. The van der Waals surface area contributed by atoms with Crippen LogP contribution >= 0.6 is 0 Å². The molecule has 0 saturated carbocycles. The molecule has 1 aromatic rings. The normalized spacial score (nSPS) is 20.0. The molecule has 0 bridgehead atoms. The first-order valence-electron chi connectivity index (χ1n) is 6.31. The summed E-state index contributed by atoms with van der Waals surface area (Å²) in [6.45, 7) is 2.03. The predicted molar refractivity (Wildman–Crippen MR) is 68.2 cm³/mol. The smallest absolute Gasteiger partial charge is 0.223 e. The van der Waals surface area contributed by atoms with Crippen LogP contribution in [0.25, 0.3) is 0 Å². The first-order chi connectivity index (χ1) is 8.58. The maximum atomic E-state index is 10.9. The van der Waals surface area contributed by atoms with Crippen molar-refractivity contribution < 1.29 is 14.6 Å². The number of benzene rings is 1. The Bertz CT molecular complexity index is 445. The van der Waals surface area contributed by atoms with E-state index in [1.807, 2.05) is 18.2 Å². The summed E-state index contributed by atoms with van der Waals surface area (Å²) >= 11 is 0. The van der Waals surface area contributed by atoms with Gasteiger partial charge in [-0.1, -0.05) is 13.0 Å². The summed E-state index contributed by atoms with van der Waals surface area (Å²) in [5.41, 5.74) is 7.31. The fourth-order valence-electron chi connectivity index (χ4n) is 2.16. The Morgan fingerprint density at radius 1 is 1.61 bits per heavy atom. The van der Waals surface area contributed by atoms with Gasteiger partial charge in [-0.25, -0.2) is 0 Å². The quantitative estimate of drug-likeness (QED) is 0.850. The molecule has 4 heteroatoms. The Labute approximate surface area is 107 Å². The number of amides is 1. The molecule has 0 fully saturated rings. The number of aliphatic hydroxyl groups is 1. The predicted octanol–water partition coefficient (Wildman–Crippen LogP) is 1.56. The zero-order valence-corrected chi connectivity index (χ0v) is 10.6. The SMILES string of the molecule is CC(COc1ccc2c(c1)CCCC2O)C(N)=O. The fourth-order valence-corrected chi connectivity index (χ4v) is 2.16. The van der Waals surface area contributed by atoms with Gasteiger partial charge in [-0.05, 0) is 42.5 Å². The van der Waals surface area contributed by atoms with Gasteiger partial charge in [-0.2, -0.15) is 0 Å². The molecule has 1 aliphatic carbocycles. The number of hydrogen-bond acceptors (Lipinski definition) is 3. The van der Waals surface area contributed by atoms with Crippen LogP contribution in [0, 0.1) is 5.92 Å². The Morgan fingerprint density at radius 2 is 2.39 bits per heavy atom. The van der Waals surface area contributed by atoms with Gasteiger partial charge in [0, 0.05) is 0 Å². The fraction of sp³-hybridized carbons (Fsp3) is 0.500. The molecule has 1 aromatic carbocycles. The maximum Gasteiger partial charge on any atom is 0.223 e. The van der Waals surface area contributed by atoms with E-state index in [0.717, 1.165) is 36.1 Å². The van der Waals surface area contributed by atoms with Gasteiger partial charge in [0.15, 0.2) is 0 Å². The zero-order valence-electron chi connectivity index (χ0n) is 10.6. The average molecular weight is 249 g/mol. The summed E-state index contributed by atoms with van der Waals surface area (Å²) in [4.78, 5) is 10.9. The molecule has 0 aromatic heterocycles. The summed E-state index contributed by atoms with van der Waals surface area (Å²) in [7, 11) is 0. The largest absolute Gasteiger partial charge is 0.493 e. The minimum atomic E-state index is -0.358. The highest BCUT2D eigenvalue weighted by molar-refractivity contribution is 5.76. The van der Waals surface area contributed by atoms with E-state index < -0.39 is 0 Å². The van der Waals surface area contributed by atoms with Crippen LogP contribution < -0.4 is 10.5 Å². The van der Waals surface area contributed by atoms with Crippen molar-refractivity contribution in [3.8, 4) is 5.75 Å².